The normalized spacial score (nSPS) is 13.8. The number of carbonyl (C=O) groups is 2. The number of pyridine rings is 4. The second-order valence-electron chi connectivity index (χ2n) is 15.9. The van der Waals surface area contributed by atoms with E-state index < -0.39 is 0 Å². The molecule has 12 rings (SSSR count). The molecule has 10 aromatic rings. The van der Waals surface area contributed by atoms with Gasteiger partial charge in [-0.3, -0.25) is 9.59 Å². The monoisotopic (exact) mass is 824 g/mol. The topological polar surface area (TPSA) is 189 Å². The predicted octanol–water partition coefficient (Wildman–Crippen LogP) is 4.86. The molecule has 308 valence electrons. The molecule has 0 unspecified atom stereocenters. The van der Waals surface area contributed by atoms with Crippen molar-refractivity contribution in [1.29, 1.82) is 0 Å². The van der Waals surface area contributed by atoms with Crippen LogP contribution in [0, 0.1) is 0 Å². The molecule has 62 heavy (non-hydrogen) atoms. The zero-order valence-electron chi connectivity index (χ0n) is 33.4. The van der Waals surface area contributed by atoms with Crippen molar-refractivity contribution in [1.82, 2.24) is 78.2 Å². The first-order valence-corrected chi connectivity index (χ1v) is 20.6. The van der Waals surface area contributed by atoms with Crippen molar-refractivity contribution in [3.05, 3.63) is 168 Å². The first kappa shape index (κ1) is 37.0. The Morgan fingerprint density at radius 2 is 0.968 bits per heavy atom. The van der Waals surface area contributed by atoms with Crippen molar-refractivity contribution >= 4 is 34.4 Å². The fraction of sp³-hybridized carbons (Fsp3) is 0.227. The molecule has 0 bridgehead atoms. The lowest BCUT2D eigenvalue weighted by molar-refractivity contribution is 0.0938. The van der Waals surface area contributed by atoms with Crippen molar-refractivity contribution in [2.45, 2.75) is 63.7 Å². The van der Waals surface area contributed by atoms with Gasteiger partial charge in [-0.25, -0.2) is 29.3 Å². The van der Waals surface area contributed by atoms with Gasteiger partial charge in [-0.1, -0.05) is 34.7 Å². The van der Waals surface area contributed by atoms with Crippen molar-refractivity contribution in [3.63, 3.8) is 0 Å². The summed E-state index contributed by atoms with van der Waals surface area (Å²) in [5.41, 5.74) is 10.5. The minimum Gasteiger partial charge on any atom is -0.346 e. The number of amides is 2. The van der Waals surface area contributed by atoms with Gasteiger partial charge in [0.05, 0.1) is 36.9 Å². The summed E-state index contributed by atoms with van der Waals surface area (Å²) in [5, 5.41) is 22.0. The number of imidazole rings is 4. The van der Waals surface area contributed by atoms with Crippen LogP contribution in [-0.4, -0.2) is 79.3 Å². The van der Waals surface area contributed by atoms with E-state index in [0.29, 0.717) is 38.0 Å². The molecule has 0 radical (unpaired) electrons. The zero-order chi connectivity index (χ0) is 41.6. The van der Waals surface area contributed by atoms with Gasteiger partial charge in [0.2, 0.25) is 0 Å². The summed E-state index contributed by atoms with van der Waals surface area (Å²) in [4.78, 5) is 42.7. The van der Waals surface area contributed by atoms with Gasteiger partial charge in [-0.15, -0.1) is 10.2 Å². The third-order valence-electron chi connectivity index (χ3n) is 11.1. The van der Waals surface area contributed by atoms with Gasteiger partial charge in [0.25, 0.3) is 11.8 Å². The Bertz CT molecular complexity index is 3030. The molecular formula is C44H40N16O2. The summed E-state index contributed by atoms with van der Waals surface area (Å²) in [5.74, 6) is 0.879. The summed E-state index contributed by atoms with van der Waals surface area (Å²) in [6.07, 6.45) is 27.8. The predicted molar refractivity (Wildman–Crippen MR) is 225 cm³/mol. The van der Waals surface area contributed by atoms with Crippen LogP contribution in [0.3, 0.4) is 0 Å². The van der Waals surface area contributed by atoms with E-state index in [9.17, 15) is 9.59 Å². The molecule has 18 heteroatoms. The number of hydrogen-bond donors (Lipinski definition) is 2. The van der Waals surface area contributed by atoms with Gasteiger partial charge in [-0.05, 0) is 84.0 Å². The Labute approximate surface area is 352 Å². The van der Waals surface area contributed by atoms with Crippen LogP contribution in [-0.2, 0) is 26.2 Å². The highest BCUT2D eigenvalue weighted by molar-refractivity contribution is 5.92. The molecule has 10 aromatic heterocycles. The Kier molecular flexibility index (Phi) is 9.28. The van der Waals surface area contributed by atoms with E-state index in [4.69, 9.17) is 0 Å². The Hall–Kier alpha value is -8.02. The quantitative estimate of drug-likeness (QED) is 0.172. The number of carbonyl (C=O) groups excluding carboxylic acids is 2. The van der Waals surface area contributed by atoms with Gasteiger partial charge < -0.3 is 28.2 Å². The maximum absolute atomic E-state index is 12.5. The number of aromatic nitrogens is 14. The molecule has 2 amide bonds. The van der Waals surface area contributed by atoms with Gasteiger partial charge in [0.1, 0.15) is 22.6 Å². The van der Waals surface area contributed by atoms with Gasteiger partial charge in [0.15, 0.2) is 11.4 Å². The molecule has 0 atom stereocenters. The van der Waals surface area contributed by atoms with E-state index in [-0.39, 0.29) is 23.2 Å². The van der Waals surface area contributed by atoms with Crippen LogP contribution in [0.25, 0.3) is 22.6 Å². The van der Waals surface area contributed by atoms with Crippen molar-refractivity contribution in [2.24, 2.45) is 0 Å². The summed E-state index contributed by atoms with van der Waals surface area (Å²) < 4.78 is 11.2. The second-order valence-corrected chi connectivity index (χ2v) is 15.9. The van der Waals surface area contributed by atoms with Gasteiger partial charge >= 0.3 is 0 Å². The van der Waals surface area contributed by atoms with Crippen LogP contribution in [0.15, 0.2) is 123 Å². The van der Waals surface area contributed by atoms with E-state index in [1.54, 1.807) is 34.2 Å². The van der Waals surface area contributed by atoms with Gasteiger partial charge in [0, 0.05) is 75.1 Å². The van der Waals surface area contributed by atoms with Gasteiger partial charge in [-0.2, -0.15) is 0 Å². The lowest BCUT2D eigenvalue weighted by Crippen LogP contribution is -2.23. The number of nitrogens with zero attached hydrogens (tertiary/aromatic N) is 14. The van der Waals surface area contributed by atoms with E-state index in [2.05, 4.69) is 96.7 Å². The second kappa shape index (κ2) is 15.5. The maximum Gasteiger partial charge on any atom is 0.273 e. The average Bonchev–Trinajstić information content (AvgIpc) is 3.82. The molecule has 10 heterocycles. The van der Waals surface area contributed by atoms with Crippen LogP contribution >= 0.6 is 0 Å². The summed E-state index contributed by atoms with van der Waals surface area (Å²) in [7, 11) is 0. The fourth-order valence-corrected chi connectivity index (χ4v) is 7.57. The molecule has 2 aliphatic rings. The van der Waals surface area contributed by atoms with E-state index in [1.807, 2.05) is 70.2 Å². The first-order chi connectivity index (χ1) is 30.4. The Morgan fingerprint density at radius 3 is 1.42 bits per heavy atom. The van der Waals surface area contributed by atoms with Crippen LogP contribution in [0.1, 0.15) is 92.1 Å². The minimum absolute atomic E-state index is 0.263. The third kappa shape index (κ3) is 8.00. The first-order valence-electron chi connectivity index (χ1n) is 20.6. The van der Waals surface area contributed by atoms with E-state index >= 15 is 0 Å². The number of rotatable bonds is 12. The highest BCUT2D eigenvalue weighted by Gasteiger charge is 2.25. The number of nitrogens with one attached hydrogen (secondary N) is 2. The summed E-state index contributed by atoms with van der Waals surface area (Å²) in [6.45, 7) is 1.71. The standard InChI is InChI=1S/2C22H20N8O/c2*31-22(24-9-15-1-5-20-23-7-8-28(20)10-15)19-14-30(27-26-19)13-18-12-29-11-17(16-2-3-16)4-6-21(29)25-18/h2*1,4-8,10-12,14,16H,2-3,9,13H2,(H,24,31). The molecule has 0 aromatic carbocycles. The molecule has 18 nitrogen and oxygen atoms in total. The van der Waals surface area contributed by atoms with Crippen molar-refractivity contribution < 1.29 is 9.59 Å². The van der Waals surface area contributed by atoms with E-state index in [1.165, 1.54) is 36.8 Å². The van der Waals surface area contributed by atoms with Crippen LogP contribution in [0.2, 0.25) is 0 Å². The zero-order valence-corrected chi connectivity index (χ0v) is 33.4. The number of hydrogen-bond acceptors (Lipinski definition) is 10. The van der Waals surface area contributed by atoms with Crippen molar-refractivity contribution in [3.8, 4) is 0 Å². The molecule has 2 N–H and O–H groups in total. The number of fused-ring (bicyclic) bond motifs is 4. The molecule has 2 saturated carbocycles. The Balaban J connectivity index is 0.000000139. The van der Waals surface area contributed by atoms with Crippen LogP contribution in [0.5, 0.6) is 0 Å². The summed E-state index contributed by atoms with van der Waals surface area (Å²) >= 11 is 0. The average molecular weight is 825 g/mol. The third-order valence-corrected chi connectivity index (χ3v) is 11.1. The molecule has 2 fully saturated rings. The van der Waals surface area contributed by atoms with Crippen molar-refractivity contribution in [2.75, 3.05) is 0 Å². The van der Waals surface area contributed by atoms with Crippen LogP contribution in [0.4, 0.5) is 0 Å². The molecule has 0 aliphatic heterocycles. The largest absolute Gasteiger partial charge is 0.346 e. The molecular weight excluding hydrogens is 785 g/mol. The lowest BCUT2D eigenvalue weighted by Gasteiger charge is -2.04. The highest BCUT2D eigenvalue weighted by atomic mass is 16.2. The SMILES string of the molecule is O=C(NCc1ccc2nccn2c1)c1cn(Cc2cn3cc(C4CC4)ccc3n2)nn1.O=C(NCc1ccc2nccn2c1)c1cn(Cc2cn3cc(C4CC4)ccc3n2)nn1. The maximum atomic E-state index is 12.5. The Morgan fingerprint density at radius 1 is 0.516 bits per heavy atom. The summed E-state index contributed by atoms with van der Waals surface area (Å²) in [6, 6.07) is 16.1. The molecule has 2 aliphatic carbocycles. The lowest BCUT2D eigenvalue weighted by atomic mass is 10.2. The van der Waals surface area contributed by atoms with E-state index in [0.717, 1.165) is 45.1 Å². The molecule has 0 saturated heterocycles. The minimum atomic E-state index is -0.263. The van der Waals surface area contributed by atoms with Crippen LogP contribution < -0.4 is 10.6 Å². The smallest absolute Gasteiger partial charge is 0.273 e. The molecule has 0 spiro atoms. The fourth-order valence-electron chi connectivity index (χ4n) is 7.57. The highest BCUT2D eigenvalue weighted by Crippen LogP contribution is 2.40.